The Balaban J connectivity index is 2.29. The second-order valence-electron chi connectivity index (χ2n) is 5.31. The zero-order chi connectivity index (χ0) is 15.5. The van der Waals surface area contributed by atoms with Gasteiger partial charge in [-0.25, -0.2) is 4.39 Å². The van der Waals surface area contributed by atoms with E-state index in [0.29, 0.717) is 30.8 Å². The van der Waals surface area contributed by atoms with Gasteiger partial charge in [-0.3, -0.25) is 9.69 Å². The largest absolute Gasteiger partial charge is 0.496 e. The first-order valence-electron chi connectivity index (χ1n) is 6.90. The first-order chi connectivity index (χ1) is 10.0. The molecule has 1 aliphatic heterocycles. The first kappa shape index (κ1) is 15.7. The molecule has 0 radical (unpaired) electrons. The fourth-order valence-corrected chi connectivity index (χ4v) is 2.99. The van der Waals surface area contributed by atoms with Gasteiger partial charge in [-0.05, 0) is 37.6 Å². The van der Waals surface area contributed by atoms with Crippen molar-refractivity contribution in [3.8, 4) is 5.75 Å². The minimum atomic E-state index is -0.827. The molecule has 1 aromatic carbocycles. The molecule has 2 rings (SSSR count). The van der Waals surface area contributed by atoms with Gasteiger partial charge in [-0.1, -0.05) is 0 Å². The third-order valence-electron chi connectivity index (χ3n) is 4.07. The minimum absolute atomic E-state index is 0.236. The summed E-state index contributed by atoms with van der Waals surface area (Å²) >= 11 is 0. The van der Waals surface area contributed by atoms with Gasteiger partial charge in [-0.2, -0.15) is 0 Å². The summed E-state index contributed by atoms with van der Waals surface area (Å²) in [6.07, 6.45) is 1.50. The molecule has 0 bridgehead atoms. The number of hydrogen-bond acceptors (Lipinski definition) is 4. The van der Waals surface area contributed by atoms with Gasteiger partial charge in [0.1, 0.15) is 17.1 Å². The number of likely N-dealkylation sites (tertiary alicyclic amines) is 1. The lowest BCUT2D eigenvalue weighted by molar-refractivity contribution is -0.132. The lowest BCUT2D eigenvalue weighted by Crippen LogP contribution is -2.56. The van der Waals surface area contributed by atoms with Crippen molar-refractivity contribution in [2.24, 2.45) is 5.73 Å². The van der Waals surface area contributed by atoms with Crippen molar-refractivity contribution >= 4 is 5.91 Å². The maximum Gasteiger partial charge on any atom is 0.240 e. The number of benzene rings is 1. The number of ether oxygens (including phenoxy) is 2. The van der Waals surface area contributed by atoms with E-state index in [1.807, 2.05) is 4.90 Å². The van der Waals surface area contributed by atoms with Crippen LogP contribution in [0.1, 0.15) is 18.4 Å². The molecule has 1 atom stereocenters. The predicted octanol–water partition coefficient (Wildman–Crippen LogP) is 1.30. The van der Waals surface area contributed by atoms with E-state index < -0.39 is 11.4 Å². The van der Waals surface area contributed by atoms with Crippen molar-refractivity contribution in [3.05, 3.63) is 29.6 Å². The average molecular weight is 296 g/mol. The molecular formula is C15H21FN2O3. The van der Waals surface area contributed by atoms with E-state index in [1.54, 1.807) is 13.2 Å². The van der Waals surface area contributed by atoms with Gasteiger partial charge >= 0.3 is 0 Å². The third-order valence-corrected chi connectivity index (χ3v) is 4.07. The third kappa shape index (κ3) is 3.01. The molecule has 1 aromatic rings. The Bertz CT molecular complexity index is 524. The molecule has 0 aliphatic carbocycles. The van der Waals surface area contributed by atoms with E-state index in [-0.39, 0.29) is 12.4 Å². The van der Waals surface area contributed by atoms with Gasteiger partial charge in [0.05, 0.1) is 13.7 Å². The van der Waals surface area contributed by atoms with Crippen LogP contribution in [0.15, 0.2) is 18.2 Å². The Labute approximate surface area is 123 Å². The van der Waals surface area contributed by atoms with Crippen LogP contribution in [0.2, 0.25) is 0 Å². The second-order valence-corrected chi connectivity index (χ2v) is 5.31. The van der Waals surface area contributed by atoms with Crippen molar-refractivity contribution in [1.82, 2.24) is 4.90 Å². The normalized spacial score (nSPS) is 22.4. The molecule has 0 aromatic heterocycles. The van der Waals surface area contributed by atoms with Crippen LogP contribution < -0.4 is 10.5 Å². The summed E-state index contributed by atoms with van der Waals surface area (Å²) in [5, 5.41) is 0. The number of rotatable bonds is 6. The highest BCUT2D eigenvalue weighted by atomic mass is 19.1. The highest BCUT2D eigenvalue weighted by molar-refractivity contribution is 5.85. The summed E-state index contributed by atoms with van der Waals surface area (Å²) in [6.45, 7) is 1.35. The number of hydrogen-bond donors (Lipinski definition) is 1. The fourth-order valence-electron chi connectivity index (χ4n) is 2.99. The Hall–Kier alpha value is -1.66. The molecular weight excluding hydrogens is 275 g/mol. The molecule has 0 spiro atoms. The van der Waals surface area contributed by atoms with Crippen LogP contribution in [0, 0.1) is 5.82 Å². The Morgan fingerprint density at radius 1 is 1.48 bits per heavy atom. The summed E-state index contributed by atoms with van der Waals surface area (Å²) in [6, 6.07) is 4.36. The minimum Gasteiger partial charge on any atom is -0.496 e. The van der Waals surface area contributed by atoms with Gasteiger partial charge in [0.2, 0.25) is 5.91 Å². The van der Waals surface area contributed by atoms with Crippen LogP contribution in [-0.4, -0.2) is 43.7 Å². The van der Waals surface area contributed by atoms with Crippen molar-refractivity contribution < 1.29 is 18.7 Å². The van der Waals surface area contributed by atoms with E-state index >= 15 is 0 Å². The lowest BCUT2D eigenvalue weighted by atomic mass is 9.95. The van der Waals surface area contributed by atoms with Crippen molar-refractivity contribution in [1.29, 1.82) is 0 Å². The highest BCUT2D eigenvalue weighted by Crippen LogP contribution is 2.33. The number of nitrogens with two attached hydrogens (primary N) is 1. The zero-order valence-electron chi connectivity index (χ0n) is 12.4. The standard InChI is InChI=1S/C15H21FN2O3/c1-20-10-15(14(17)19)6-3-7-18(15)9-11-8-12(16)4-5-13(11)21-2/h4-5,8H,3,6-7,9-10H2,1-2H3,(H2,17,19). The molecule has 1 aliphatic rings. The Morgan fingerprint density at radius 2 is 2.24 bits per heavy atom. The van der Waals surface area contributed by atoms with Crippen LogP contribution in [0.3, 0.4) is 0 Å². The molecule has 1 saturated heterocycles. The topological polar surface area (TPSA) is 64.8 Å². The molecule has 2 N–H and O–H groups in total. The molecule has 1 unspecified atom stereocenters. The summed E-state index contributed by atoms with van der Waals surface area (Å²) in [5.41, 5.74) is 5.47. The molecule has 116 valence electrons. The maximum absolute atomic E-state index is 13.5. The zero-order valence-corrected chi connectivity index (χ0v) is 12.4. The summed E-state index contributed by atoms with van der Waals surface area (Å²) < 4.78 is 23.9. The maximum atomic E-state index is 13.5. The van der Waals surface area contributed by atoms with Crippen LogP contribution in [0.4, 0.5) is 4.39 Å². The van der Waals surface area contributed by atoms with E-state index in [4.69, 9.17) is 15.2 Å². The van der Waals surface area contributed by atoms with Crippen molar-refractivity contribution in [2.75, 3.05) is 27.4 Å². The van der Waals surface area contributed by atoms with Gasteiger partial charge < -0.3 is 15.2 Å². The molecule has 1 heterocycles. The highest BCUT2D eigenvalue weighted by Gasteiger charge is 2.46. The van der Waals surface area contributed by atoms with E-state index in [0.717, 1.165) is 6.42 Å². The van der Waals surface area contributed by atoms with Crippen LogP contribution in [0.5, 0.6) is 5.75 Å². The summed E-state index contributed by atoms with van der Waals surface area (Å²) in [4.78, 5) is 13.9. The number of nitrogens with zero attached hydrogens (tertiary/aromatic N) is 1. The van der Waals surface area contributed by atoms with Crippen molar-refractivity contribution in [2.45, 2.75) is 24.9 Å². The SMILES string of the molecule is COCC1(C(N)=O)CCCN1Cc1cc(F)ccc1OC. The first-order valence-corrected chi connectivity index (χ1v) is 6.90. The molecule has 5 nitrogen and oxygen atoms in total. The smallest absolute Gasteiger partial charge is 0.240 e. The van der Waals surface area contributed by atoms with Gasteiger partial charge in [0, 0.05) is 19.2 Å². The van der Waals surface area contributed by atoms with E-state index in [1.165, 1.54) is 19.2 Å². The number of primary amides is 1. The quantitative estimate of drug-likeness (QED) is 0.859. The van der Waals surface area contributed by atoms with Gasteiger partial charge in [0.15, 0.2) is 0 Å². The predicted molar refractivity (Wildman–Crippen MR) is 76.4 cm³/mol. The Morgan fingerprint density at radius 3 is 2.86 bits per heavy atom. The van der Waals surface area contributed by atoms with Gasteiger partial charge in [0.25, 0.3) is 0 Å². The van der Waals surface area contributed by atoms with Crippen LogP contribution in [-0.2, 0) is 16.1 Å². The number of halogens is 1. The number of methoxy groups -OCH3 is 2. The van der Waals surface area contributed by atoms with Gasteiger partial charge in [-0.15, -0.1) is 0 Å². The lowest BCUT2D eigenvalue weighted by Gasteiger charge is -2.35. The van der Waals surface area contributed by atoms with E-state index in [2.05, 4.69) is 0 Å². The number of carbonyl (C=O) groups is 1. The molecule has 6 heteroatoms. The van der Waals surface area contributed by atoms with Crippen LogP contribution >= 0.6 is 0 Å². The Kier molecular flexibility index (Phi) is 4.80. The van der Waals surface area contributed by atoms with Crippen molar-refractivity contribution in [3.63, 3.8) is 0 Å². The number of amides is 1. The monoisotopic (exact) mass is 296 g/mol. The summed E-state index contributed by atoms with van der Waals surface area (Å²) in [7, 11) is 3.08. The molecule has 21 heavy (non-hydrogen) atoms. The number of carbonyl (C=O) groups excluding carboxylic acids is 1. The second kappa shape index (κ2) is 6.41. The average Bonchev–Trinajstić information content (AvgIpc) is 2.84. The fraction of sp³-hybridized carbons (Fsp3) is 0.533. The molecule has 0 saturated carbocycles. The van der Waals surface area contributed by atoms with Crippen LogP contribution in [0.25, 0.3) is 0 Å². The summed E-state index contributed by atoms with van der Waals surface area (Å²) in [5.74, 6) is -0.141. The molecule has 1 amide bonds. The van der Waals surface area contributed by atoms with E-state index in [9.17, 15) is 9.18 Å². The molecule has 1 fully saturated rings.